The molecule has 0 bridgehead atoms. The molecular weight excluding hydrogens is 320 g/mol. The number of rotatable bonds is 3. The van der Waals surface area contributed by atoms with Crippen molar-refractivity contribution in [3.05, 3.63) is 47.1 Å². The summed E-state index contributed by atoms with van der Waals surface area (Å²) < 4.78 is 11.1. The topological polar surface area (TPSA) is 72.8 Å². The maximum absolute atomic E-state index is 12.3. The summed E-state index contributed by atoms with van der Waals surface area (Å²) in [5.74, 6) is -1.45. The number of hydrogen-bond acceptors (Lipinski definition) is 5. The maximum atomic E-state index is 12.3. The summed E-state index contributed by atoms with van der Waals surface area (Å²) in [6.45, 7) is 9.13. The molecule has 0 aromatic heterocycles. The highest BCUT2D eigenvalue weighted by molar-refractivity contribution is 5.92. The van der Waals surface area contributed by atoms with Crippen molar-refractivity contribution in [2.75, 3.05) is 6.61 Å². The molecule has 1 heterocycles. The van der Waals surface area contributed by atoms with E-state index in [0.29, 0.717) is 12.0 Å². The van der Waals surface area contributed by atoms with E-state index in [1.54, 1.807) is 6.92 Å². The van der Waals surface area contributed by atoms with Crippen molar-refractivity contribution < 1.29 is 24.2 Å². The summed E-state index contributed by atoms with van der Waals surface area (Å²) >= 11 is 0. The van der Waals surface area contributed by atoms with Gasteiger partial charge in [0.15, 0.2) is 0 Å². The number of aliphatic hydroxyl groups is 1. The molecule has 0 amide bonds. The van der Waals surface area contributed by atoms with E-state index < -0.39 is 30.1 Å². The fourth-order valence-electron chi connectivity index (χ4n) is 3.22. The third-order valence-corrected chi connectivity index (χ3v) is 4.70. The quantitative estimate of drug-likeness (QED) is 0.483. The molecule has 1 aliphatic heterocycles. The van der Waals surface area contributed by atoms with Gasteiger partial charge in [-0.05, 0) is 39.7 Å². The van der Waals surface area contributed by atoms with E-state index in [4.69, 9.17) is 9.47 Å². The number of allylic oxidation sites excluding steroid dienone is 3. The van der Waals surface area contributed by atoms with Crippen LogP contribution in [-0.4, -0.2) is 35.9 Å². The van der Waals surface area contributed by atoms with Gasteiger partial charge in [-0.1, -0.05) is 29.9 Å². The molecule has 0 spiro atoms. The van der Waals surface area contributed by atoms with Gasteiger partial charge in [-0.3, -0.25) is 0 Å². The largest absolute Gasteiger partial charge is 0.458 e. The van der Waals surface area contributed by atoms with E-state index in [1.807, 2.05) is 19.9 Å². The van der Waals surface area contributed by atoms with Crippen LogP contribution in [0.2, 0.25) is 0 Å². The van der Waals surface area contributed by atoms with Gasteiger partial charge in [-0.2, -0.15) is 0 Å². The molecule has 5 heteroatoms. The van der Waals surface area contributed by atoms with Gasteiger partial charge in [-0.15, -0.1) is 0 Å². The molecule has 3 unspecified atom stereocenters. The molecule has 0 radical (unpaired) electrons. The number of ether oxygens (including phenoxy) is 2. The van der Waals surface area contributed by atoms with Crippen LogP contribution in [0.25, 0.3) is 0 Å². The standard InChI is InChI=1S/C20H26O5/c1-5-15(11-21)20(23)25-17-10-13(3)8-6-7-12(2)9-16-18(17)14(4)19(22)24-16/h5,8-9,16-18,21H,4,6-7,10-11H2,1-3H3. The lowest BCUT2D eigenvalue weighted by molar-refractivity contribution is -0.147. The number of fused-ring (bicyclic) bond motifs is 1. The Balaban J connectivity index is 2.37. The normalized spacial score (nSPS) is 27.8. The van der Waals surface area contributed by atoms with E-state index in [9.17, 15) is 14.7 Å². The van der Waals surface area contributed by atoms with Gasteiger partial charge in [0.1, 0.15) is 12.2 Å². The molecule has 25 heavy (non-hydrogen) atoms. The van der Waals surface area contributed by atoms with Crippen LogP contribution < -0.4 is 0 Å². The molecule has 3 atom stereocenters. The van der Waals surface area contributed by atoms with Crippen molar-refractivity contribution in [1.82, 2.24) is 0 Å². The summed E-state index contributed by atoms with van der Waals surface area (Å²) in [4.78, 5) is 24.4. The highest BCUT2D eigenvalue weighted by Crippen LogP contribution is 2.36. The molecule has 0 saturated carbocycles. The van der Waals surface area contributed by atoms with Gasteiger partial charge in [0, 0.05) is 12.0 Å². The summed E-state index contributed by atoms with van der Waals surface area (Å²) in [7, 11) is 0. The van der Waals surface area contributed by atoms with E-state index in [-0.39, 0.29) is 12.2 Å². The zero-order valence-corrected chi connectivity index (χ0v) is 15.1. The third kappa shape index (κ3) is 4.48. The molecule has 5 nitrogen and oxygen atoms in total. The Morgan fingerprint density at radius 2 is 2.16 bits per heavy atom. The number of carbonyl (C=O) groups excluding carboxylic acids is 2. The molecule has 1 aliphatic carbocycles. The van der Waals surface area contributed by atoms with Crippen molar-refractivity contribution in [3.63, 3.8) is 0 Å². The molecule has 1 fully saturated rings. The molecule has 0 aromatic carbocycles. The molecule has 0 aromatic rings. The minimum atomic E-state index is -0.577. The van der Waals surface area contributed by atoms with Crippen LogP contribution >= 0.6 is 0 Å². The van der Waals surface area contributed by atoms with Crippen LogP contribution in [0.4, 0.5) is 0 Å². The molecular formula is C20H26O5. The monoisotopic (exact) mass is 346 g/mol. The minimum absolute atomic E-state index is 0.192. The van der Waals surface area contributed by atoms with Crippen LogP contribution in [0.1, 0.15) is 40.0 Å². The van der Waals surface area contributed by atoms with Crippen molar-refractivity contribution in [2.24, 2.45) is 5.92 Å². The second-order valence-corrected chi connectivity index (χ2v) is 6.64. The minimum Gasteiger partial charge on any atom is -0.458 e. The maximum Gasteiger partial charge on any atom is 0.336 e. The Kier molecular flexibility index (Phi) is 6.37. The van der Waals surface area contributed by atoms with Crippen LogP contribution in [-0.2, 0) is 19.1 Å². The number of hydrogen-bond donors (Lipinski definition) is 1. The highest BCUT2D eigenvalue weighted by atomic mass is 16.6. The molecule has 1 saturated heterocycles. The van der Waals surface area contributed by atoms with E-state index in [0.717, 1.165) is 24.0 Å². The van der Waals surface area contributed by atoms with Crippen molar-refractivity contribution in [1.29, 1.82) is 0 Å². The van der Waals surface area contributed by atoms with Gasteiger partial charge in [0.2, 0.25) is 0 Å². The van der Waals surface area contributed by atoms with Crippen LogP contribution in [0.15, 0.2) is 47.1 Å². The van der Waals surface area contributed by atoms with Crippen molar-refractivity contribution in [2.45, 2.75) is 52.2 Å². The smallest absolute Gasteiger partial charge is 0.336 e. The van der Waals surface area contributed by atoms with Crippen LogP contribution in [0.5, 0.6) is 0 Å². The van der Waals surface area contributed by atoms with E-state index >= 15 is 0 Å². The van der Waals surface area contributed by atoms with E-state index in [2.05, 4.69) is 12.7 Å². The number of aliphatic hydroxyl groups excluding tert-OH is 1. The first-order chi connectivity index (χ1) is 11.9. The number of carbonyl (C=O) groups is 2. The van der Waals surface area contributed by atoms with Gasteiger partial charge >= 0.3 is 11.9 Å². The number of esters is 2. The SMILES string of the molecule is C=C1C(=O)OC2C=C(C)CCC=C(C)CC(OC(=O)C(=CC)CO)C12. The fourth-order valence-corrected chi connectivity index (χ4v) is 3.22. The van der Waals surface area contributed by atoms with Gasteiger partial charge < -0.3 is 14.6 Å². The second kappa shape index (κ2) is 8.30. The zero-order chi connectivity index (χ0) is 18.6. The summed E-state index contributed by atoms with van der Waals surface area (Å²) in [6.07, 6.45) is 6.80. The highest BCUT2D eigenvalue weighted by Gasteiger charge is 2.44. The van der Waals surface area contributed by atoms with Gasteiger partial charge in [0.05, 0.1) is 18.1 Å². The van der Waals surface area contributed by atoms with E-state index in [1.165, 1.54) is 6.08 Å². The molecule has 136 valence electrons. The molecule has 2 rings (SSSR count). The predicted molar refractivity (Wildman–Crippen MR) is 94.6 cm³/mol. The Morgan fingerprint density at radius 3 is 2.80 bits per heavy atom. The average Bonchev–Trinajstić information content (AvgIpc) is 2.81. The zero-order valence-electron chi connectivity index (χ0n) is 15.1. The second-order valence-electron chi connectivity index (χ2n) is 6.64. The summed E-state index contributed by atoms with van der Waals surface area (Å²) in [5, 5.41) is 9.29. The summed E-state index contributed by atoms with van der Waals surface area (Å²) in [6, 6.07) is 0. The van der Waals surface area contributed by atoms with Crippen LogP contribution in [0, 0.1) is 5.92 Å². The van der Waals surface area contributed by atoms with Gasteiger partial charge in [-0.25, -0.2) is 9.59 Å². The Labute approximate surface area is 148 Å². The average molecular weight is 346 g/mol. The lowest BCUT2D eigenvalue weighted by Gasteiger charge is -2.27. The fraction of sp³-hybridized carbons (Fsp3) is 0.500. The van der Waals surface area contributed by atoms with Crippen LogP contribution in [0.3, 0.4) is 0 Å². The first-order valence-corrected chi connectivity index (χ1v) is 8.57. The Hall–Kier alpha value is -2.14. The van der Waals surface area contributed by atoms with Gasteiger partial charge in [0.25, 0.3) is 0 Å². The summed E-state index contributed by atoms with van der Waals surface area (Å²) in [5.41, 5.74) is 2.73. The predicted octanol–water partition coefficient (Wildman–Crippen LogP) is 3.01. The lowest BCUT2D eigenvalue weighted by Crippen LogP contribution is -2.34. The van der Waals surface area contributed by atoms with Crippen molar-refractivity contribution >= 4 is 11.9 Å². The Bertz CT molecular complexity index is 653. The lowest BCUT2D eigenvalue weighted by atomic mass is 9.85. The molecule has 1 N–H and O–H groups in total. The molecule has 2 aliphatic rings. The van der Waals surface area contributed by atoms with Crippen molar-refractivity contribution in [3.8, 4) is 0 Å². The first-order valence-electron chi connectivity index (χ1n) is 8.57. The third-order valence-electron chi connectivity index (χ3n) is 4.70. The Morgan fingerprint density at radius 1 is 1.44 bits per heavy atom. The first kappa shape index (κ1) is 19.2.